The Morgan fingerprint density at radius 3 is 1.04 bits per heavy atom. The van der Waals surface area contributed by atoms with Crippen LogP contribution >= 0.6 is 0 Å². The number of nitrogens with zero attached hydrogens (tertiary/aromatic N) is 3. The van der Waals surface area contributed by atoms with E-state index >= 15 is 0 Å². The number of hydrogen-bond acceptors (Lipinski definition) is 3. The number of hydrogen-bond donors (Lipinski definition) is 0. The molecular weight excluding hydrogens is 978 g/mol. The van der Waals surface area contributed by atoms with E-state index in [0.29, 0.717) is 0 Å². The van der Waals surface area contributed by atoms with Gasteiger partial charge in [-0.3, -0.25) is 0 Å². The first-order chi connectivity index (χ1) is 40.1. The monoisotopic (exact) mass is 1030 g/mol. The molecule has 81 heavy (non-hydrogen) atoms. The highest BCUT2D eigenvalue weighted by Gasteiger charge is 2.44. The smallest absolute Gasteiger partial charge is 0.252 e. The average molecular weight is 1030 g/mol. The molecule has 1 aromatic heterocycles. The summed E-state index contributed by atoms with van der Waals surface area (Å²) in [6, 6.07) is 112. The fraction of sp³-hybridized carbons (Fsp3) is 0. The van der Waals surface area contributed by atoms with E-state index in [1.54, 1.807) is 0 Å². The van der Waals surface area contributed by atoms with Gasteiger partial charge in [0, 0.05) is 45.1 Å². The molecule has 16 rings (SSSR count). The molecule has 3 heterocycles. The maximum Gasteiger partial charge on any atom is 0.252 e. The zero-order chi connectivity index (χ0) is 53.4. The molecule has 376 valence electrons. The van der Waals surface area contributed by atoms with E-state index in [-0.39, 0.29) is 6.71 Å². The van der Waals surface area contributed by atoms with Crippen molar-refractivity contribution in [1.82, 2.24) is 4.98 Å². The quantitative estimate of drug-likeness (QED) is 0.141. The SMILES string of the molecule is c1ccc(-c2cc(-c3ccccc3)cc(N3c4cc5ccccc5cc4B4c5cc6ccccc6cc5N(c5cc(-c6ccccc6)cc(-c6ccccc6)c5)c5cc(-c6cc(-c7ccccc7)nc7ccccc67)cc3c54)c2)cc1. The Kier molecular flexibility index (Phi) is 11.0. The van der Waals surface area contributed by atoms with Crippen LogP contribution in [0.5, 0.6) is 0 Å². The first kappa shape index (κ1) is 46.5. The van der Waals surface area contributed by atoms with Crippen LogP contribution in [0.15, 0.2) is 303 Å². The lowest BCUT2D eigenvalue weighted by atomic mass is 9.33. The standard InChI is InChI=1S/C77H50BN3/c1-6-22-51(23-7-1)60-38-61(52-24-8-2-9-25-52)41-65(40-60)80-73-46-58-34-18-16-32-56(58)44-69(73)78-70-45-57-33-17-19-35-59(57)47-74(70)81(66-42-62(53-26-10-3-11-27-53)39-63(43-66)54-28-12-4-13-29-54)76-49-64(48-75(80)77(76)78)68-50-72(55-30-14-5-15-31-55)79-71-37-21-20-36-67(68)71/h1-50H. The second kappa shape index (κ2) is 19.1. The Morgan fingerprint density at radius 2 is 0.617 bits per heavy atom. The van der Waals surface area contributed by atoms with Crippen molar-refractivity contribution in [2.75, 3.05) is 9.80 Å². The highest BCUT2D eigenvalue weighted by atomic mass is 15.2. The molecule has 3 nitrogen and oxygen atoms in total. The molecule has 0 amide bonds. The predicted octanol–water partition coefficient (Wildman–Crippen LogP) is 18.6. The minimum atomic E-state index is -0.137. The first-order valence-corrected chi connectivity index (χ1v) is 27.9. The largest absolute Gasteiger partial charge is 0.311 e. The van der Waals surface area contributed by atoms with Gasteiger partial charge in [0.2, 0.25) is 0 Å². The number of aromatic nitrogens is 1. The summed E-state index contributed by atoms with van der Waals surface area (Å²) in [6.07, 6.45) is 0. The second-order valence-electron chi connectivity index (χ2n) is 21.5. The fourth-order valence-electron chi connectivity index (χ4n) is 12.9. The summed E-state index contributed by atoms with van der Waals surface area (Å²) in [5.74, 6) is 0. The van der Waals surface area contributed by atoms with Crippen LogP contribution in [0.4, 0.5) is 34.1 Å². The molecule has 0 radical (unpaired) electrons. The molecule has 14 aromatic rings. The normalized spacial score (nSPS) is 12.4. The van der Waals surface area contributed by atoms with E-state index in [1.165, 1.54) is 37.9 Å². The van der Waals surface area contributed by atoms with Gasteiger partial charge in [-0.05, 0) is 166 Å². The van der Waals surface area contributed by atoms with Gasteiger partial charge in [0.15, 0.2) is 0 Å². The fourth-order valence-corrected chi connectivity index (χ4v) is 12.9. The summed E-state index contributed by atoms with van der Waals surface area (Å²) in [5.41, 5.74) is 25.0. The Balaban J connectivity index is 1.07. The third-order valence-corrected chi connectivity index (χ3v) is 16.7. The third kappa shape index (κ3) is 8.02. The second-order valence-corrected chi connectivity index (χ2v) is 21.5. The number of pyridine rings is 1. The van der Waals surface area contributed by atoms with E-state index in [2.05, 4.69) is 313 Å². The van der Waals surface area contributed by atoms with E-state index in [9.17, 15) is 0 Å². The molecule has 0 N–H and O–H groups in total. The molecule has 2 aliphatic rings. The third-order valence-electron chi connectivity index (χ3n) is 16.7. The van der Waals surface area contributed by atoms with E-state index in [1.807, 2.05) is 0 Å². The van der Waals surface area contributed by atoms with Gasteiger partial charge in [0.05, 0.1) is 11.2 Å². The molecule has 0 atom stereocenters. The highest BCUT2D eigenvalue weighted by Crippen LogP contribution is 2.50. The number of rotatable bonds is 8. The molecule has 0 fully saturated rings. The van der Waals surface area contributed by atoms with Crippen molar-refractivity contribution in [2.45, 2.75) is 0 Å². The molecular formula is C77H50BN3. The van der Waals surface area contributed by atoms with E-state index < -0.39 is 0 Å². The zero-order valence-electron chi connectivity index (χ0n) is 44.3. The summed E-state index contributed by atoms with van der Waals surface area (Å²) >= 11 is 0. The lowest BCUT2D eigenvalue weighted by Crippen LogP contribution is -2.61. The average Bonchev–Trinajstić information content (AvgIpc) is 2.27. The van der Waals surface area contributed by atoms with E-state index in [0.717, 1.165) is 112 Å². The van der Waals surface area contributed by atoms with Crippen LogP contribution in [0.25, 0.3) is 99.3 Å². The minimum absolute atomic E-state index is 0.137. The summed E-state index contributed by atoms with van der Waals surface area (Å²) in [6.45, 7) is -0.137. The van der Waals surface area contributed by atoms with Crippen molar-refractivity contribution >= 4 is 89.7 Å². The summed E-state index contributed by atoms with van der Waals surface area (Å²) in [4.78, 5) is 10.6. The van der Waals surface area contributed by atoms with Crippen molar-refractivity contribution < 1.29 is 0 Å². The lowest BCUT2D eigenvalue weighted by molar-refractivity contribution is 1.26. The Labute approximate surface area is 472 Å². The summed E-state index contributed by atoms with van der Waals surface area (Å²) < 4.78 is 0. The molecule has 0 unspecified atom stereocenters. The maximum absolute atomic E-state index is 5.36. The van der Waals surface area contributed by atoms with Crippen LogP contribution in [-0.4, -0.2) is 11.7 Å². The summed E-state index contributed by atoms with van der Waals surface area (Å²) in [5, 5.41) is 5.91. The van der Waals surface area contributed by atoms with Crippen LogP contribution in [0.1, 0.15) is 0 Å². The summed E-state index contributed by atoms with van der Waals surface area (Å²) in [7, 11) is 0. The van der Waals surface area contributed by atoms with Gasteiger partial charge in [-0.2, -0.15) is 0 Å². The van der Waals surface area contributed by atoms with Crippen LogP contribution < -0.4 is 26.2 Å². The van der Waals surface area contributed by atoms with Gasteiger partial charge < -0.3 is 9.80 Å². The Hall–Kier alpha value is -10.5. The van der Waals surface area contributed by atoms with Gasteiger partial charge in [0.1, 0.15) is 0 Å². The first-order valence-electron chi connectivity index (χ1n) is 27.9. The molecule has 0 bridgehead atoms. The van der Waals surface area contributed by atoms with Crippen molar-refractivity contribution in [2.24, 2.45) is 0 Å². The molecule has 0 saturated heterocycles. The molecule has 0 aliphatic carbocycles. The van der Waals surface area contributed by atoms with Gasteiger partial charge >= 0.3 is 0 Å². The van der Waals surface area contributed by atoms with Gasteiger partial charge in [-0.1, -0.05) is 231 Å². The highest BCUT2D eigenvalue weighted by molar-refractivity contribution is 7.00. The molecule has 0 saturated carbocycles. The molecule has 0 spiro atoms. The van der Waals surface area contributed by atoms with Crippen LogP contribution in [0, 0.1) is 0 Å². The van der Waals surface area contributed by atoms with Crippen LogP contribution in [-0.2, 0) is 0 Å². The molecule has 4 heteroatoms. The Morgan fingerprint density at radius 1 is 0.259 bits per heavy atom. The lowest BCUT2D eigenvalue weighted by Gasteiger charge is -2.45. The Bertz CT molecular complexity index is 4400. The minimum Gasteiger partial charge on any atom is -0.311 e. The van der Waals surface area contributed by atoms with Crippen molar-refractivity contribution in [3.05, 3.63) is 303 Å². The number of benzene rings is 13. The number of para-hydroxylation sites is 1. The van der Waals surface area contributed by atoms with Gasteiger partial charge in [-0.15, -0.1) is 0 Å². The number of fused-ring (bicyclic) bond motifs is 7. The molecule has 2 aliphatic heterocycles. The molecule has 13 aromatic carbocycles. The van der Waals surface area contributed by atoms with Crippen molar-refractivity contribution in [3.63, 3.8) is 0 Å². The zero-order valence-corrected chi connectivity index (χ0v) is 44.3. The van der Waals surface area contributed by atoms with E-state index in [4.69, 9.17) is 4.98 Å². The van der Waals surface area contributed by atoms with Crippen LogP contribution in [0.3, 0.4) is 0 Å². The van der Waals surface area contributed by atoms with Gasteiger partial charge in [-0.25, -0.2) is 4.98 Å². The maximum atomic E-state index is 5.36. The van der Waals surface area contributed by atoms with Gasteiger partial charge in [0.25, 0.3) is 6.71 Å². The number of anilines is 6. The topological polar surface area (TPSA) is 19.4 Å². The van der Waals surface area contributed by atoms with Crippen molar-refractivity contribution in [1.29, 1.82) is 0 Å². The predicted molar refractivity (Wildman–Crippen MR) is 343 cm³/mol. The van der Waals surface area contributed by atoms with Crippen molar-refractivity contribution in [3.8, 4) is 66.9 Å². The van der Waals surface area contributed by atoms with Crippen LogP contribution in [0.2, 0.25) is 0 Å².